The van der Waals surface area contributed by atoms with E-state index in [2.05, 4.69) is 15.9 Å². The second-order valence-electron chi connectivity index (χ2n) is 3.38. The van der Waals surface area contributed by atoms with E-state index in [0.29, 0.717) is 18.4 Å². The smallest absolute Gasteiger partial charge is 0.146 e. The minimum atomic E-state index is -0.538. The molecule has 0 aromatic heterocycles. The summed E-state index contributed by atoms with van der Waals surface area (Å²) in [6.07, 6.45) is 0.764. The highest BCUT2D eigenvalue weighted by molar-refractivity contribution is 9.10. The highest BCUT2D eigenvalue weighted by atomic mass is 79.9. The maximum Gasteiger partial charge on any atom is 0.146 e. The summed E-state index contributed by atoms with van der Waals surface area (Å²) < 4.78 is 13.3. The molecular formula is C12H11BrFNO. The van der Waals surface area contributed by atoms with Crippen molar-refractivity contribution in [2.75, 3.05) is 0 Å². The molecule has 1 unspecified atom stereocenters. The zero-order chi connectivity index (χ0) is 12.1. The summed E-state index contributed by atoms with van der Waals surface area (Å²) in [6.45, 7) is 1.77. The number of nitriles is 1. The van der Waals surface area contributed by atoms with E-state index in [0.717, 1.165) is 0 Å². The van der Waals surface area contributed by atoms with Gasteiger partial charge in [0.25, 0.3) is 0 Å². The average Bonchev–Trinajstić information content (AvgIpc) is 2.28. The van der Waals surface area contributed by atoms with Crippen molar-refractivity contribution in [2.24, 2.45) is 0 Å². The number of Topliss-reactive ketones (excluding diaryl/α,β-unsaturated/α-hetero) is 1. The van der Waals surface area contributed by atoms with E-state index in [1.54, 1.807) is 19.1 Å². The lowest BCUT2D eigenvalue weighted by atomic mass is 10.0. The first-order valence-corrected chi connectivity index (χ1v) is 5.86. The highest BCUT2D eigenvalue weighted by Crippen LogP contribution is 2.18. The summed E-state index contributed by atoms with van der Waals surface area (Å²) in [7, 11) is 0. The number of halogens is 2. The predicted molar refractivity (Wildman–Crippen MR) is 62.8 cm³/mol. The fourth-order valence-electron chi connectivity index (χ4n) is 1.39. The molecule has 16 heavy (non-hydrogen) atoms. The first kappa shape index (κ1) is 12.9. The topological polar surface area (TPSA) is 40.9 Å². The minimum Gasteiger partial charge on any atom is -0.298 e. The van der Waals surface area contributed by atoms with Crippen molar-refractivity contribution in [3.05, 3.63) is 35.1 Å². The van der Waals surface area contributed by atoms with Gasteiger partial charge in [0.2, 0.25) is 0 Å². The van der Waals surface area contributed by atoms with Crippen LogP contribution < -0.4 is 0 Å². The number of ketones is 1. The minimum absolute atomic E-state index is 0.0239. The lowest BCUT2D eigenvalue weighted by Gasteiger charge is -2.09. The zero-order valence-electron chi connectivity index (χ0n) is 8.84. The Morgan fingerprint density at radius 1 is 1.62 bits per heavy atom. The predicted octanol–water partition coefficient (Wildman–Crippen LogP) is 2.98. The number of nitrogens with zero attached hydrogens (tertiary/aromatic N) is 1. The highest BCUT2D eigenvalue weighted by Gasteiger charge is 2.16. The van der Waals surface area contributed by atoms with Gasteiger partial charge in [-0.3, -0.25) is 4.79 Å². The van der Waals surface area contributed by atoms with Crippen LogP contribution in [0.5, 0.6) is 0 Å². The molecule has 0 heterocycles. The standard InChI is InChI=1S/C12H11BrFNO/c1-2-12(16)10(13)6-8-4-3-5-11(14)9(8)7-15/h3-5,10H,2,6H2,1H3. The first-order valence-electron chi connectivity index (χ1n) is 4.94. The Balaban J connectivity index is 2.94. The molecule has 0 amide bonds. The Labute approximate surface area is 102 Å². The van der Waals surface area contributed by atoms with E-state index in [9.17, 15) is 9.18 Å². The summed E-state index contributed by atoms with van der Waals surface area (Å²) in [4.78, 5) is 11.0. The van der Waals surface area contributed by atoms with E-state index in [4.69, 9.17) is 5.26 Å². The molecule has 0 aliphatic rings. The Kier molecular flexibility index (Phi) is 4.63. The fraction of sp³-hybridized carbons (Fsp3) is 0.333. The largest absolute Gasteiger partial charge is 0.298 e. The zero-order valence-corrected chi connectivity index (χ0v) is 10.4. The summed E-state index contributed by atoms with van der Waals surface area (Å²) in [5.74, 6) is -0.489. The van der Waals surface area contributed by atoms with Gasteiger partial charge in [-0.05, 0) is 18.1 Å². The quantitative estimate of drug-likeness (QED) is 0.797. The number of carbonyl (C=O) groups is 1. The third kappa shape index (κ3) is 2.89. The van der Waals surface area contributed by atoms with Crippen LogP contribution >= 0.6 is 15.9 Å². The van der Waals surface area contributed by atoms with Crippen LogP contribution in [-0.2, 0) is 11.2 Å². The van der Waals surface area contributed by atoms with Gasteiger partial charge in [0.05, 0.1) is 10.4 Å². The van der Waals surface area contributed by atoms with Gasteiger partial charge in [-0.2, -0.15) is 5.26 Å². The van der Waals surface area contributed by atoms with Gasteiger partial charge in [0, 0.05) is 6.42 Å². The summed E-state index contributed by atoms with van der Waals surface area (Å²) in [5.41, 5.74) is 0.585. The van der Waals surface area contributed by atoms with E-state index >= 15 is 0 Å². The molecule has 1 aromatic carbocycles. The van der Waals surface area contributed by atoms with E-state index in [-0.39, 0.29) is 16.2 Å². The normalized spacial score (nSPS) is 11.9. The Morgan fingerprint density at radius 2 is 2.31 bits per heavy atom. The molecule has 84 valence electrons. The monoisotopic (exact) mass is 283 g/mol. The van der Waals surface area contributed by atoms with Gasteiger partial charge in [-0.15, -0.1) is 0 Å². The van der Waals surface area contributed by atoms with Gasteiger partial charge >= 0.3 is 0 Å². The Hall–Kier alpha value is -1.21. The first-order chi connectivity index (χ1) is 7.60. The number of benzene rings is 1. The number of carbonyl (C=O) groups excluding carboxylic acids is 1. The van der Waals surface area contributed by atoms with E-state index < -0.39 is 5.82 Å². The molecule has 1 rings (SSSR count). The molecule has 2 nitrogen and oxygen atoms in total. The maximum atomic E-state index is 13.3. The van der Waals surface area contributed by atoms with Crippen LogP contribution in [0.25, 0.3) is 0 Å². The SMILES string of the molecule is CCC(=O)C(Br)Cc1cccc(F)c1C#N. The van der Waals surface area contributed by atoms with Gasteiger partial charge < -0.3 is 0 Å². The number of hydrogen-bond acceptors (Lipinski definition) is 2. The van der Waals surface area contributed by atoms with Crippen LogP contribution in [0.1, 0.15) is 24.5 Å². The van der Waals surface area contributed by atoms with Crippen molar-refractivity contribution in [1.82, 2.24) is 0 Å². The molecule has 0 aliphatic carbocycles. The van der Waals surface area contributed by atoms with Crippen LogP contribution in [0.3, 0.4) is 0 Å². The van der Waals surface area contributed by atoms with Gasteiger partial charge in [0.1, 0.15) is 17.7 Å². The van der Waals surface area contributed by atoms with Crippen LogP contribution in [0.2, 0.25) is 0 Å². The molecule has 0 saturated carbocycles. The van der Waals surface area contributed by atoms with Crippen LogP contribution in [-0.4, -0.2) is 10.6 Å². The molecule has 0 bridgehead atoms. The molecule has 1 aromatic rings. The molecule has 0 N–H and O–H groups in total. The van der Waals surface area contributed by atoms with Crippen LogP contribution in [0.4, 0.5) is 4.39 Å². The molecule has 1 atom stereocenters. The van der Waals surface area contributed by atoms with Crippen LogP contribution in [0, 0.1) is 17.1 Å². The lowest BCUT2D eigenvalue weighted by molar-refractivity contribution is -0.118. The molecule has 0 radical (unpaired) electrons. The number of rotatable bonds is 4. The van der Waals surface area contributed by atoms with Crippen molar-refractivity contribution in [3.8, 4) is 6.07 Å². The second kappa shape index (κ2) is 5.76. The fourth-order valence-corrected chi connectivity index (χ4v) is 2.07. The summed E-state index contributed by atoms with van der Waals surface area (Å²) in [5, 5.41) is 8.82. The Morgan fingerprint density at radius 3 is 2.88 bits per heavy atom. The summed E-state index contributed by atoms with van der Waals surface area (Å²) >= 11 is 3.25. The van der Waals surface area contributed by atoms with Crippen molar-refractivity contribution in [2.45, 2.75) is 24.6 Å². The van der Waals surface area contributed by atoms with Crippen molar-refractivity contribution in [1.29, 1.82) is 5.26 Å². The van der Waals surface area contributed by atoms with Gasteiger partial charge in [0.15, 0.2) is 0 Å². The molecule has 0 aliphatic heterocycles. The average molecular weight is 284 g/mol. The Bertz CT molecular complexity index is 439. The second-order valence-corrected chi connectivity index (χ2v) is 4.48. The van der Waals surface area contributed by atoms with Gasteiger partial charge in [-0.25, -0.2) is 4.39 Å². The van der Waals surface area contributed by atoms with Crippen molar-refractivity contribution in [3.63, 3.8) is 0 Å². The molecule has 0 spiro atoms. The van der Waals surface area contributed by atoms with Crippen LogP contribution in [0.15, 0.2) is 18.2 Å². The molecule has 0 saturated heterocycles. The summed E-state index contributed by atoms with van der Waals surface area (Å²) in [6, 6.07) is 6.27. The lowest BCUT2D eigenvalue weighted by Crippen LogP contribution is -2.16. The third-order valence-electron chi connectivity index (χ3n) is 2.31. The number of hydrogen-bond donors (Lipinski definition) is 0. The van der Waals surface area contributed by atoms with E-state index in [1.165, 1.54) is 6.07 Å². The van der Waals surface area contributed by atoms with Gasteiger partial charge in [-0.1, -0.05) is 35.0 Å². The van der Waals surface area contributed by atoms with Crippen molar-refractivity contribution < 1.29 is 9.18 Å². The molecule has 4 heteroatoms. The molecule has 0 fully saturated rings. The third-order valence-corrected chi connectivity index (χ3v) is 3.14. The van der Waals surface area contributed by atoms with Crippen molar-refractivity contribution >= 4 is 21.7 Å². The van der Waals surface area contributed by atoms with E-state index in [1.807, 2.05) is 6.07 Å². The maximum absolute atomic E-state index is 13.3. The number of alkyl halides is 1. The molecular weight excluding hydrogens is 273 g/mol.